The summed E-state index contributed by atoms with van der Waals surface area (Å²) in [5.41, 5.74) is 13.1. The van der Waals surface area contributed by atoms with E-state index < -0.39 is 11.9 Å². The zero-order valence-corrected chi connectivity index (χ0v) is 13.5. The van der Waals surface area contributed by atoms with Crippen molar-refractivity contribution in [3.63, 3.8) is 0 Å². The smallest absolute Gasteiger partial charge is 0.337 e. The Bertz CT molecular complexity index is 674. The zero-order chi connectivity index (χ0) is 15.6. The molecular formula is C15H16Cl2N2O4. The number of benzene rings is 2. The average Bonchev–Trinajstić information content (AvgIpc) is 2.42. The molecule has 0 saturated carbocycles. The van der Waals surface area contributed by atoms with Gasteiger partial charge in [-0.15, -0.1) is 24.8 Å². The maximum atomic E-state index is 11.0. The van der Waals surface area contributed by atoms with Gasteiger partial charge in [0.15, 0.2) is 0 Å². The highest BCUT2D eigenvalue weighted by atomic mass is 35.5. The minimum atomic E-state index is -1.10. The van der Waals surface area contributed by atoms with Gasteiger partial charge < -0.3 is 21.7 Å². The minimum absolute atomic E-state index is 0. The number of carboxylic acid groups (broad SMARTS) is 2. The molecule has 23 heavy (non-hydrogen) atoms. The van der Waals surface area contributed by atoms with E-state index in [0.717, 1.165) is 11.1 Å². The Morgan fingerprint density at radius 1 is 0.783 bits per heavy atom. The van der Waals surface area contributed by atoms with Crippen LogP contribution in [0.25, 0.3) is 0 Å². The summed E-state index contributed by atoms with van der Waals surface area (Å²) >= 11 is 0. The molecule has 0 atom stereocenters. The van der Waals surface area contributed by atoms with E-state index in [0.29, 0.717) is 6.42 Å². The number of nitrogen functional groups attached to an aromatic ring is 2. The van der Waals surface area contributed by atoms with Crippen molar-refractivity contribution in [3.05, 3.63) is 58.7 Å². The number of carboxylic acids is 2. The van der Waals surface area contributed by atoms with E-state index in [-0.39, 0.29) is 47.3 Å². The fraction of sp³-hybridized carbons (Fsp3) is 0.0667. The lowest BCUT2D eigenvalue weighted by Gasteiger charge is -2.08. The lowest BCUT2D eigenvalue weighted by atomic mass is 9.99. The number of aromatic carboxylic acids is 2. The third-order valence-corrected chi connectivity index (χ3v) is 3.10. The predicted octanol–water partition coefficient (Wildman–Crippen LogP) is 2.68. The van der Waals surface area contributed by atoms with Crippen molar-refractivity contribution in [1.29, 1.82) is 0 Å². The third-order valence-electron chi connectivity index (χ3n) is 3.10. The first-order valence-corrected chi connectivity index (χ1v) is 6.12. The van der Waals surface area contributed by atoms with Gasteiger partial charge in [-0.1, -0.05) is 12.1 Å². The molecule has 0 unspecified atom stereocenters. The molecule has 0 radical (unpaired) electrons. The molecule has 8 heteroatoms. The Hall–Kier alpha value is -2.44. The van der Waals surface area contributed by atoms with Crippen LogP contribution in [-0.2, 0) is 6.42 Å². The summed E-state index contributed by atoms with van der Waals surface area (Å²) in [7, 11) is 0. The number of rotatable bonds is 4. The molecular weight excluding hydrogens is 343 g/mol. The van der Waals surface area contributed by atoms with Crippen LogP contribution in [-0.4, -0.2) is 22.2 Å². The van der Waals surface area contributed by atoms with Crippen LogP contribution in [0.5, 0.6) is 0 Å². The summed E-state index contributed by atoms with van der Waals surface area (Å²) in [6.07, 6.45) is 0.390. The van der Waals surface area contributed by atoms with Crippen LogP contribution in [0.3, 0.4) is 0 Å². The van der Waals surface area contributed by atoms with E-state index in [1.165, 1.54) is 24.3 Å². The topological polar surface area (TPSA) is 127 Å². The van der Waals surface area contributed by atoms with Gasteiger partial charge in [0.2, 0.25) is 0 Å². The van der Waals surface area contributed by atoms with E-state index in [1.54, 1.807) is 12.1 Å². The van der Waals surface area contributed by atoms with Crippen LogP contribution in [0, 0.1) is 0 Å². The molecule has 0 bridgehead atoms. The molecule has 2 aromatic carbocycles. The van der Waals surface area contributed by atoms with Crippen molar-refractivity contribution in [2.24, 2.45) is 0 Å². The van der Waals surface area contributed by atoms with Crippen LogP contribution >= 0.6 is 24.8 Å². The Balaban J connectivity index is 0.00000242. The fourth-order valence-electron chi connectivity index (χ4n) is 2.03. The minimum Gasteiger partial charge on any atom is -0.478 e. The van der Waals surface area contributed by atoms with Gasteiger partial charge in [0.05, 0.1) is 11.1 Å². The summed E-state index contributed by atoms with van der Waals surface area (Å²) < 4.78 is 0. The van der Waals surface area contributed by atoms with Crippen molar-refractivity contribution in [2.45, 2.75) is 6.42 Å². The molecule has 0 aliphatic carbocycles. The Morgan fingerprint density at radius 3 is 1.43 bits per heavy atom. The molecule has 0 aliphatic heterocycles. The van der Waals surface area contributed by atoms with Crippen molar-refractivity contribution < 1.29 is 19.8 Å². The van der Waals surface area contributed by atoms with Gasteiger partial charge in [0, 0.05) is 11.4 Å². The molecule has 6 N–H and O–H groups in total. The number of hydrogen-bond donors (Lipinski definition) is 4. The molecule has 6 nitrogen and oxygen atoms in total. The molecule has 0 fully saturated rings. The quantitative estimate of drug-likeness (QED) is 0.622. The monoisotopic (exact) mass is 358 g/mol. The summed E-state index contributed by atoms with van der Waals surface area (Å²) in [4.78, 5) is 22.1. The number of anilines is 2. The van der Waals surface area contributed by atoms with Gasteiger partial charge in [0.1, 0.15) is 0 Å². The predicted molar refractivity (Wildman–Crippen MR) is 92.9 cm³/mol. The van der Waals surface area contributed by atoms with Gasteiger partial charge >= 0.3 is 11.9 Å². The van der Waals surface area contributed by atoms with Gasteiger partial charge in [-0.3, -0.25) is 0 Å². The Labute approximate surface area is 144 Å². The molecule has 124 valence electrons. The maximum absolute atomic E-state index is 11.0. The van der Waals surface area contributed by atoms with E-state index in [2.05, 4.69) is 0 Å². The largest absolute Gasteiger partial charge is 0.478 e. The van der Waals surface area contributed by atoms with Gasteiger partial charge in [-0.2, -0.15) is 0 Å². The third kappa shape index (κ3) is 4.77. The van der Waals surface area contributed by atoms with E-state index >= 15 is 0 Å². The van der Waals surface area contributed by atoms with Crippen LogP contribution in [0.4, 0.5) is 11.4 Å². The van der Waals surface area contributed by atoms with Crippen LogP contribution in [0.15, 0.2) is 36.4 Å². The van der Waals surface area contributed by atoms with E-state index in [9.17, 15) is 9.59 Å². The highest BCUT2D eigenvalue weighted by molar-refractivity contribution is 5.94. The number of carbonyl (C=O) groups is 2. The molecule has 0 amide bonds. The average molecular weight is 359 g/mol. The van der Waals surface area contributed by atoms with Crippen molar-refractivity contribution in [3.8, 4) is 0 Å². The van der Waals surface area contributed by atoms with Crippen LogP contribution < -0.4 is 11.5 Å². The van der Waals surface area contributed by atoms with Crippen molar-refractivity contribution in [1.82, 2.24) is 0 Å². The fourth-order valence-corrected chi connectivity index (χ4v) is 2.03. The molecule has 0 heterocycles. The molecule has 2 aromatic rings. The maximum Gasteiger partial charge on any atom is 0.337 e. The number of nitrogens with two attached hydrogens (primary N) is 2. The lowest BCUT2D eigenvalue weighted by molar-refractivity contribution is 0.0687. The van der Waals surface area contributed by atoms with Crippen molar-refractivity contribution >= 4 is 48.1 Å². The summed E-state index contributed by atoms with van der Waals surface area (Å²) in [6, 6.07) is 9.42. The van der Waals surface area contributed by atoms with Gasteiger partial charge in [-0.25, -0.2) is 9.59 Å². The van der Waals surface area contributed by atoms with Crippen molar-refractivity contribution in [2.75, 3.05) is 11.5 Å². The molecule has 2 rings (SSSR count). The molecule has 0 saturated heterocycles. The first-order valence-electron chi connectivity index (χ1n) is 6.12. The summed E-state index contributed by atoms with van der Waals surface area (Å²) in [6.45, 7) is 0. The van der Waals surface area contributed by atoms with Crippen LogP contribution in [0.1, 0.15) is 31.8 Å². The lowest BCUT2D eigenvalue weighted by Crippen LogP contribution is -2.05. The second-order valence-corrected chi connectivity index (χ2v) is 4.63. The van der Waals surface area contributed by atoms with Gasteiger partial charge in [-0.05, 0) is 41.8 Å². The Kier molecular flexibility index (Phi) is 7.38. The first kappa shape index (κ1) is 20.6. The standard InChI is InChI=1S/C15H14N2O4.2ClH/c16-12-3-1-8(6-10(12)14(18)19)5-9-2-4-13(17)11(7-9)15(20)21;;/h1-4,6-7H,5,16-17H2,(H,18,19)(H,20,21);2*1H. The highest BCUT2D eigenvalue weighted by Crippen LogP contribution is 2.20. The molecule has 0 spiro atoms. The van der Waals surface area contributed by atoms with E-state index in [1.807, 2.05) is 0 Å². The SMILES string of the molecule is Cl.Cl.Nc1ccc(Cc2ccc(N)c(C(=O)O)c2)cc1C(=O)O. The normalized spacial score (nSPS) is 9.39. The van der Waals surface area contributed by atoms with Gasteiger partial charge in [0.25, 0.3) is 0 Å². The summed E-state index contributed by atoms with van der Waals surface area (Å²) in [5, 5.41) is 18.1. The summed E-state index contributed by atoms with van der Waals surface area (Å²) in [5.74, 6) is -2.20. The second-order valence-electron chi connectivity index (χ2n) is 4.63. The second kappa shape index (κ2) is 8.26. The van der Waals surface area contributed by atoms with Crippen LogP contribution in [0.2, 0.25) is 0 Å². The van der Waals surface area contributed by atoms with E-state index in [4.69, 9.17) is 21.7 Å². The molecule has 0 aliphatic rings. The first-order chi connectivity index (χ1) is 9.88. The Morgan fingerprint density at radius 2 is 1.13 bits per heavy atom. The number of hydrogen-bond acceptors (Lipinski definition) is 4. The molecule has 0 aromatic heterocycles. The number of halogens is 2. The highest BCUT2D eigenvalue weighted by Gasteiger charge is 2.11. The zero-order valence-electron chi connectivity index (χ0n) is 11.9.